The molecule has 9 nitrogen and oxygen atoms in total. The Kier molecular flexibility index (Phi) is 7.33. The number of fused-ring (bicyclic) bond motifs is 3. The quantitative estimate of drug-likeness (QED) is 0.446. The zero-order valence-electron chi connectivity index (χ0n) is 19.4. The number of carbonyl (C=O) groups excluding carboxylic acids is 3. The first-order valence-corrected chi connectivity index (χ1v) is 11.6. The monoisotopic (exact) mass is 480 g/mol. The van der Waals surface area contributed by atoms with Gasteiger partial charge in [0.25, 0.3) is 0 Å². The Morgan fingerprint density at radius 1 is 0.943 bits per heavy atom. The molecule has 2 amide bonds. The van der Waals surface area contributed by atoms with Gasteiger partial charge < -0.3 is 25.2 Å². The fourth-order valence-electron chi connectivity index (χ4n) is 4.53. The topological polar surface area (TPSA) is 131 Å². The highest BCUT2D eigenvalue weighted by Gasteiger charge is 2.36. The van der Waals surface area contributed by atoms with Gasteiger partial charge in [-0.2, -0.15) is 0 Å². The van der Waals surface area contributed by atoms with Gasteiger partial charge in [0, 0.05) is 18.4 Å². The normalized spacial score (nSPS) is 15.8. The summed E-state index contributed by atoms with van der Waals surface area (Å²) in [7, 11) is 1.14. The number of rotatable bonds is 10. The first kappa shape index (κ1) is 24.3. The molecule has 3 N–H and O–H groups in total. The molecule has 1 fully saturated rings. The average molecular weight is 481 g/mol. The maximum atomic E-state index is 12.6. The van der Waals surface area contributed by atoms with Crippen LogP contribution in [0.2, 0.25) is 0 Å². The second-order valence-corrected chi connectivity index (χ2v) is 8.86. The van der Waals surface area contributed by atoms with E-state index in [-0.39, 0.29) is 24.9 Å². The number of hydrogen-bond donors (Lipinski definition) is 3. The Bertz CT molecular complexity index is 1080. The molecule has 0 aliphatic heterocycles. The van der Waals surface area contributed by atoms with Crippen molar-refractivity contribution in [1.29, 1.82) is 0 Å². The molecule has 1 unspecified atom stereocenters. The van der Waals surface area contributed by atoms with Crippen LogP contribution in [0.3, 0.4) is 0 Å². The van der Waals surface area contributed by atoms with Crippen LogP contribution >= 0.6 is 0 Å². The summed E-state index contributed by atoms with van der Waals surface area (Å²) in [5, 5.41) is 14.4. The molecule has 184 valence electrons. The van der Waals surface area contributed by atoms with Crippen molar-refractivity contribution in [2.75, 3.05) is 13.7 Å². The van der Waals surface area contributed by atoms with E-state index in [0.29, 0.717) is 0 Å². The minimum atomic E-state index is -1.40. The molecule has 35 heavy (non-hydrogen) atoms. The summed E-state index contributed by atoms with van der Waals surface area (Å²) in [5.74, 6) is -2.61. The second kappa shape index (κ2) is 10.6. The van der Waals surface area contributed by atoms with E-state index < -0.39 is 42.4 Å². The van der Waals surface area contributed by atoms with Gasteiger partial charge in [0.2, 0.25) is 5.91 Å². The number of carbonyl (C=O) groups is 4. The van der Waals surface area contributed by atoms with E-state index in [4.69, 9.17) is 4.74 Å². The van der Waals surface area contributed by atoms with Crippen LogP contribution in [0.5, 0.6) is 0 Å². The lowest BCUT2D eigenvalue weighted by Crippen LogP contribution is -2.46. The average Bonchev–Trinajstić information content (AvgIpc) is 3.65. The fourth-order valence-corrected chi connectivity index (χ4v) is 4.53. The Balaban J connectivity index is 1.34. The minimum Gasteiger partial charge on any atom is -0.480 e. The summed E-state index contributed by atoms with van der Waals surface area (Å²) >= 11 is 0. The van der Waals surface area contributed by atoms with Crippen molar-refractivity contribution in [3.05, 3.63) is 59.7 Å². The number of aliphatic carboxylic acids is 1. The molecule has 9 heteroatoms. The number of hydrogen-bond acceptors (Lipinski definition) is 6. The van der Waals surface area contributed by atoms with E-state index in [2.05, 4.69) is 27.5 Å². The van der Waals surface area contributed by atoms with Crippen molar-refractivity contribution < 1.29 is 33.8 Å². The Labute approximate surface area is 202 Å². The van der Waals surface area contributed by atoms with Crippen molar-refractivity contribution >= 4 is 23.9 Å². The smallest absolute Gasteiger partial charge is 0.407 e. The predicted octanol–water partition coefficient (Wildman–Crippen LogP) is 2.83. The molecule has 2 aromatic rings. The fraction of sp³-hybridized carbons (Fsp3) is 0.385. The van der Waals surface area contributed by atoms with E-state index in [1.54, 1.807) is 0 Å². The lowest BCUT2D eigenvalue weighted by Gasteiger charge is -2.20. The van der Waals surface area contributed by atoms with E-state index >= 15 is 0 Å². The SMILES string of the molecule is COC(=O)C[C@H](NC(=O)CC(NC(=O)OCC1c2ccccc2-c2ccccc21)C1CC1)C(=O)O. The number of ether oxygens (including phenoxy) is 2. The van der Waals surface area contributed by atoms with Gasteiger partial charge in [0.15, 0.2) is 0 Å². The van der Waals surface area contributed by atoms with Crippen molar-refractivity contribution in [3.63, 3.8) is 0 Å². The van der Waals surface area contributed by atoms with Crippen LogP contribution in [-0.2, 0) is 23.9 Å². The number of carboxylic acids is 1. The van der Waals surface area contributed by atoms with Gasteiger partial charge in [0.05, 0.1) is 13.5 Å². The molecule has 0 saturated heterocycles. The summed E-state index contributed by atoms with van der Waals surface area (Å²) in [6.45, 7) is 0.156. The molecule has 0 heterocycles. The molecule has 0 aromatic heterocycles. The maximum absolute atomic E-state index is 12.6. The highest BCUT2D eigenvalue weighted by Crippen LogP contribution is 2.44. The molecule has 0 spiro atoms. The molecule has 2 atom stereocenters. The summed E-state index contributed by atoms with van der Waals surface area (Å²) in [6, 6.07) is 14.2. The molecule has 0 bridgehead atoms. The van der Waals surface area contributed by atoms with E-state index in [9.17, 15) is 24.3 Å². The number of nitrogens with one attached hydrogen (secondary N) is 2. The van der Waals surface area contributed by atoms with E-state index in [1.807, 2.05) is 36.4 Å². The second-order valence-electron chi connectivity index (χ2n) is 8.86. The third-order valence-corrected chi connectivity index (χ3v) is 6.48. The van der Waals surface area contributed by atoms with E-state index in [1.165, 1.54) is 0 Å². The standard InChI is InChI=1S/C26H28N2O7/c1-34-24(30)13-22(25(31)32)27-23(29)12-21(15-10-11-15)28-26(33)35-14-20-18-8-4-2-6-16(18)17-7-3-5-9-19(17)20/h2-9,15,20-22H,10-14H2,1H3,(H,27,29)(H,28,33)(H,31,32)/t21?,22-/m0/s1. The minimum absolute atomic E-state index is 0.0783. The lowest BCUT2D eigenvalue weighted by molar-refractivity contribution is -0.148. The van der Waals surface area contributed by atoms with Gasteiger partial charge in [-0.15, -0.1) is 0 Å². The van der Waals surface area contributed by atoms with Gasteiger partial charge in [-0.1, -0.05) is 48.5 Å². The molecular weight excluding hydrogens is 452 g/mol. The molecular formula is C26H28N2O7. The lowest BCUT2D eigenvalue weighted by atomic mass is 9.98. The largest absolute Gasteiger partial charge is 0.480 e. The van der Waals surface area contributed by atoms with Crippen LogP contribution in [-0.4, -0.2) is 54.8 Å². The first-order valence-electron chi connectivity index (χ1n) is 11.6. The number of amides is 2. The predicted molar refractivity (Wildman–Crippen MR) is 126 cm³/mol. The van der Waals surface area contributed by atoms with Crippen LogP contribution in [0.25, 0.3) is 11.1 Å². The zero-order chi connectivity index (χ0) is 24.9. The Morgan fingerprint density at radius 2 is 1.54 bits per heavy atom. The van der Waals surface area contributed by atoms with Crippen LogP contribution in [0.15, 0.2) is 48.5 Å². The van der Waals surface area contributed by atoms with Crippen molar-refractivity contribution in [2.45, 2.75) is 43.7 Å². The van der Waals surface area contributed by atoms with Crippen LogP contribution in [0, 0.1) is 5.92 Å². The Hall–Kier alpha value is -3.88. The molecule has 2 aromatic carbocycles. The van der Waals surface area contributed by atoms with Gasteiger partial charge in [0.1, 0.15) is 12.6 Å². The molecule has 0 radical (unpaired) electrons. The van der Waals surface area contributed by atoms with Crippen LogP contribution < -0.4 is 10.6 Å². The van der Waals surface area contributed by atoms with Gasteiger partial charge in [-0.25, -0.2) is 9.59 Å². The highest BCUT2D eigenvalue weighted by molar-refractivity contribution is 5.87. The number of methoxy groups -OCH3 is 1. The zero-order valence-corrected chi connectivity index (χ0v) is 19.4. The summed E-state index contributed by atoms with van der Waals surface area (Å²) in [5.41, 5.74) is 4.46. The summed E-state index contributed by atoms with van der Waals surface area (Å²) < 4.78 is 10.1. The third kappa shape index (κ3) is 5.79. The maximum Gasteiger partial charge on any atom is 0.407 e. The van der Waals surface area contributed by atoms with Crippen LogP contribution in [0.4, 0.5) is 4.79 Å². The highest BCUT2D eigenvalue weighted by atomic mass is 16.5. The number of benzene rings is 2. The number of esters is 1. The van der Waals surface area contributed by atoms with Crippen molar-refractivity contribution in [2.24, 2.45) is 5.92 Å². The molecule has 2 aliphatic rings. The van der Waals surface area contributed by atoms with Gasteiger partial charge in [-0.3, -0.25) is 9.59 Å². The van der Waals surface area contributed by atoms with Gasteiger partial charge in [-0.05, 0) is 41.0 Å². The number of carboxylic acid groups (broad SMARTS) is 1. The molecule has 2 aliphatic carbocycles. The Morgan fingerprint density at radius 3 is 2.09 bits per heavy atom. The van der Waals surface area contributed by atoms with Crippen molar-refractivity contribution in [3.8, 4) is 11.1 Å². The van der Waals surface area contributed by atoms with E-state index in [0.717, 1.165) is 42.2 Å². The molecule has 4 rings (SSSR count). The summed E-state index contributed by atoms with van der Waals surface area (Å²) in [4.78, 5) is 47.9. The third-order valence-electron chi connectivity index (χ3n) is 6.48. The summed E-state index contributed by atoms with van der Waals surface area (Å²) in [6.07, 6.45) is 0.490. The van der Waals surface area contributed by atoms with Crippen LogP contribution in [0.1, 0.15) is 42.7 Å². The van der Waals surface area contributed by atoms with Gasteiger partial charge >= 0.3 is 18.0 Å². The first-order chi connectivity index (χ1) is 16.9. The number of alkyl carbamates (subject to hydrolysis) is 1. The van der Waals surface area contributed by atoms with Crippen molar-refractivity contribution in [1.82, 2.24) is 10.6 Å². The molecule has 1 saturated carbocycles.